The molecule has 0 aliphatic heterocycles. The van der Waals surface area contributed by atoms with Gasteiger partial charge in [-0.3, -0.25) is 0 Å². The zero-order valence-electron chi connectivity index (χ0n) is 12.1. The molecule has 0 atom stereocenters. The van der Waals surface area contributed by atoms with Crippen LogP contribution >= 0.6 is 0 Å². The number of hydrogen-bond acceptors (Lipinski definition) is 4. The zero-order valence-corrected chi connectivity index (χ0v) is 12.1. The number of ether oxygens (including phenoxy) is 2. The first-order valence-electron chi connectivity index (χ1n) is 6.34. The summed E-state index contributed by atoms with van der Waals surface area (Å²) in [7, 11) is 1.56. The molecule has 0 unspecified atom stereocenters. The van der Waals surface area contributed by atoms with E-state index in [4.69, 9.17) is 14.6 Å². The van der Waals surface area contributed by atoms with Crippen molar-refractivity contribution in [1.29, 1.82) is 0 Å². The van der Waals surface area contributed by atoms with Gasteiger partial charge < -0.3 is 14.6 Å². The quantitative estimate of drug-likeness (QED) is 0.617. The molecule has 0 radical (unpaired) electrons. The molecule has 0 amide bonds. The fourth-order valence-corrected chi connectivity index (χ4v) is 1.52. The monoisotopic (exact) mass is 290 g/mol. The molecule has 0 bridgehead atoms. The second kappa shape index (κ2) is 7.89. The highest BCUT2D eigenvalue weighted by Gasteiger charge is 2.10. The van der Waals surface area contributed by atoms with Gasteiger partial charge in [0.2, 0.25) is 0 Å². The summed E-state index contributed by atoms with van der Waals surface area (Å²) < 4.78 is 9.93. The molecule has 5 heteroatoms. The smallest absolute Gasteiger partial charge is 0.333 e. The Morgan fingerprint density at radius 3 is 2.38 bits per heavy atom. The molecule has 0 saturated heterocycles. The van der Waals surface area contributed by atoms with E-state index in [2.05, 4.69) is 6.58 Å². The minimum atomic E-state index is -1.04. The number of hydrogen-bond donors (Lipinski definition) is 1. The van der Waals surface area contributed by atoms with Crippen LogP contribution in [-0.2, 0) is 14.3 Å². The minimum absolute atomic E-state index is 0.0000185. The van der Waals surface area contributed by atoms with E-state index in [0.29, 0.717) is 5.75 Å². The number of esters is 1. The summed E-state index contributed by atoms with van der Waals surface area (Å²) in [5.41, 5.74) is 1.18. The molecule has 112 valence electrons. The Balaban J connectivity index is 2.71. The van der Waals surface area contributed by atoms with Crippen LogP contribution in [0, 0.1) is 0 Å². The summed E-state index contributed by atoms with van der Waals surface area (Å²) in [6.07, 6.45) is 1.66. The second-order valence-electron chi connectivity index (χ2n) is 4.41. The fraction of sp³-hybridized carbons (Fsp3) is 0.250. The minimum Gasteiger partial charge on any atom is -0.497 e. The van der Waals surface area contributed by atoms with Crippen molar-refractivity contribution in [2.24, 2.45) is 0 Å². The number of benzene rings is 1. The van der Waals surface area contributed by atoms with Crippen LogP contribution < -0.4 is 4.74 Å². The van der Waals surface area contributed by atoms with Crippen LogP contribution in [0.2, 0.25) is 0 Å². The van der Waals surface area contributed by atoms with Gasteiger partial charge in [0.05, 0.1) is 13.7 Å². The molecule has 5 nitrogen and oxygen atoms in total. The predicted octanol–water partition coefficient (Wildman–Crippen LogP) is 2.67. The first kappa shape index (κ1) is 16.5. The molecule has 1 aromatic rings. The molecule has 0 aromatic heterocycles. The molecule has 1 rings (SSSR count). The van der Waals surface area contributed by atoms with Crippen molar-refractivity contribution in [2.75, 3.05) is 13.7 Å². The summed E-state index contributed by atoms with van der Waals surface area (Å²) >= 11 is 0. The molecule has 0 aliphatic carbocycles. The average Bonchev–Trinajstić information content (AvgIpc) is 2.46. The molecule has 0 aliphatic rings. The summed E-state index contributed by atoms with van der Waals surface area (Å²) in [6, 6.07) is 6.99. The van der Waals surface area contributed by atoms with Crippen molar-refractivity contribution in [3.63, 3.8) is 0 Å². The SMILES string of the molecule is C=C(C)C(=O)OCC/C(=C\c1ccc(OC)cc1)C(=O)O. The van der Waals surface area contributed by atoms with E-state index in [9.17, 15) is 9.59 Å². The maximum Gasteiger partial charge on any atom is 0.333 e. The predicted molar refractivity (Wildman–Crippen MR) is 79.0 cm³/mol. The molecule has 1 aromatic carbocycles. The third-order valence-electron chi connectivity index (χ3n) is 2.68. The molecular weight excluding hydrogens is 272 g/mol. The van der Waals surface area contributed by atoms with Gasteiger partial charge in [0, 0.05) is 17.6 Å². The van der Waals surface area contributed by atoms with Crippen LogP contribution in [0.3, 0.4) is 0 Å². The standard InChI is InChI=1S/C16H18O5/c1-11(2)16(19)21-9-8-13(15(17)18)10-12-4-6-14(20-3)7-5-12/h4-7,10H,1,8-9H2,2-3H3,(H,17,18)/b13-10+. The average molecular weight is 290 g/mol. The maximum absolute atomic E-state index is 11.2. The van der Waals surface area contributed by atoms with E-state index in [1.54, 1.807) is 31.4 Å². The highest BCUT2D eigenvalue weighted by Crippen LogP contribution is 2.15. The summed E-state index contributed by atoms with van der Waals surface area (Å²) in [4.78, 5) is 22.4. The lowest BCUT2D eigenvalue weighted by atomic mass is 10.1. The molecular formula is C16H18O5. The number of rotatable bonds is 7. The number of methoxy groups -OCH3 is 1. The van der Waals surface area contributed by atoms with E-state index in [1.807, 2.05) is 0 Å². The van der Waals surface area contributed by atoms with Crippen molar-refractivity contribution in [3.8, 4) is 5.75 Å². The molecule has 21 heavy (non-hydrogen) atoms. The van der Waals surface area contributed by atoms with Gasteiger partial charge in [-0.15, -0.1) is 0 Å². The Kier molecular flexibility index (Phi) is 6.20. The lowest BCUT2D eigenvalue weighted by Crippen LogP contribution is -2.09. The Labute approximate surface area is 123 Å². The number of carboxylic acid groups (broad SMARTS) is 1. The molecule has 0 fully saturated rings. The van der Waals surface area contributed by atoms with Crippen molar-refractivity contribution < 1.29 is 24.2 Å². The van der Waals surface area contributed by atoms with Gasteiger partial charge in [-0.25, -0.2) is 9.59 Å². The third-order valence-corrected chi connectivity index (χ3v) is 2.68. The molecule has 0 spiro atoms. The Morgan fingerprint density at radius 2 is 1.90 bits per heavy atom. The maximum atomic E-state index is 11.2. The number of aliphatic carboxylic acids is 1. The van der Waals surface area contributed by atoms with Crippen molar-refractivity contribution in [2.45, 2.75) is 13.3 Å². The van der Waals surface area contributed by atoms with Crippen LogP contribution in [0.5, 0.6) is 5.75 Å². The molecule has 0 saturated carbocycles. The number of carboxylic acids is 1. The summed E-state index contributed by atoms with van der Waals surface area (Å²) in [5, 5.41) is 9.16. The topological polar surface area (TPSA) is 72.8 Å². The van der Waals surface area contributed by atoms with Crippen molar-refractivity contribution >= 4 is 18.0 Å². The first-order chi connectivity index (χ1) is 9.93. The lowest BCUT2D eigenvalue weighted by Gasteiger charge is -2.06. The highest BCUT2D eigenvalue weighted by molar-refractivity contribution is 5.92. The molecule has 1 N–H and O–H groups in total. The van der Waals surface area contributed by atoms with Gasteiger partial charge in [-0.05, 0) is 30.7 Å². The zero-order chi connectivity index (χ0) is 15.8. The highest BCUT2D eigenvalue weighted by atomic mass is 16.5. The first-order valence-corrected chi connectivity index (χ1v) is 6.34. The Bertz CT molecular complexity index is 555. The summed E-state index contributed by atoms with van der Waals surface area (Å²) in [6.45, 7) is 4.99. The van der Waals surface area contributed by atoms with Gasteiger partial charge in [-0.1, -0.05) is 18.7 Å². The summed E-state index contributed by atoms with van der Waals surface area (Å²) in [5.74, 6) is -0.874. The van der Waals surface area contributed by atoms with Crippen LogP contribution in [0.25, 0.3) is 6.08 Å². The van der Waals surface area contributed by atoms with Crippen LogP contribution in [0.1, 0.15) is 18.9 Å². The van der Waals surface area contributed by atoms with Crippen LogP contribution in [0.4, 0.5) is 0 Å². The van der Waals surface area contributed by atoms with E-state index in [1.165, 1.54) is 13.0 Å². The normalized spacial score (nSPS) is 10.9. The van der Waals surface area contributed by atoms with Gasteiger partial charge in [-0.2, -0.15) is 0 Å². The van der Waals surface area contributed by atoms with Crippen molar-refractivity contribution in [1.82, 2.24) is 0 Å². The Hall–Kier alpha value is -2.56. The van der Waals surface area contributed by atoms with E-state index < -0.39 is 11.9 Å². The lowest BCUT2D eigenvalue weighted by molar-refractivity contribution is -0.139. The van der Waals surface area contributed by atoms with E-state index in [-0.39, 0.29) is 24.2 Å². The largest absolute Gasteiger partial charge is 0.497 e. The molecule has 0 heterocycles. The van der Waals surface area contributed by atoms with E-state index >= 15 is 0 Å². The Morgan fingerprint density at radius 1 is 1.29 bits per heavy atom. The second-order valence-corrected chi connectivity index (χ2v) is 4.41. The van der Waals surface area contributed by atoms with E-state index in [0.717, 1.165) is 5.56 Å². The van der Waals surface area contributed by atoms with Gasteiger partial charge in [0.1, 0.15) is 5.75 Å². The van der Waals surface area contributed by atoms with Gasteiger partial charge in [0.25, 0.3) is 0 Å². The van der Waals surface area contributed by atoms with Crippen molar-refractivity contribution in [3.05, 3.63) is 47.6 Å². The third kappa shape index (κ3) is 5.52. The number of carbonyl (C=O) groups is 2. The number of carbonyl (C=O) groups excluding carboxylic acids is 1. The van der Waals surface area contributed by atoms with Gasteiger partial charge in [0.15, 0.2) is 0 Å². The van der Waals surface area contributed by atoms with Crippen LogP contribution in [-0.4, -0.2) is 30.8 Å². The fourth-order valence-electron chi connectivity index (χ4n) is 1.52. The van der Waals surface area contributed by atoms with Crippen LogP contribution in [0.15, 0.2) is 42.0 Å². The van der Waals surface area contributed by atoms with Gasteiger partial charge >= 0.3 is 11.9 Å².